The van der Waals surface area contributed by atoms with Crippen LogP contribution in [0.25, 0.3) is 33.5 Å². The number of hydrogen-bond acceptors (Lipinski definition) is 18. The van der Waals surface area contributed by atoms with Gasteiger partial charge in [-0.25, -0.2) is 19.6 Å². The van der Waals surface area contributed by atoms with Gasteiger partial charge in [0.2, 0.25) is 11.8 Å². The van der Waals surface area contributed by atoms with Gasteiger partial charge in [-0.2, -0.15) is 15.4 Å². The summed E-state index contributed by atoms with van der Waals surface area (Å²) < 4.78 is 36.5. The second-order valence-corrected chi connectivity index (χ2v) is 26.9. The molecule has 2 atom stereocenters. The van der Waals surface area contributed by atoms with E-state index in [1.807, 2.05) is 69.3 Å². The fourth-order valence-corrected chi connectivity index (χ4v) is 13.0. The van der Waals surface area contributed by atoms with Crippen LogP contribution in [0.4, 0.5) is 15.3 Å². The molecule has 2 aliphatic heterocycles. The van der Waals surface area contributed by atoms with Gasteiger partial charge in [-0.05, 0) is 85.4 Å². The van der Waals surface area contributed by atoms with E-state index in [1.54, 1.807) is 48.2 Å². The molecule has 3 aromatic heterocycles. The Balaban J connectivity index is 0.612. The number of Topliss-reactive ketones (excluding diaryl/α,β-unsaturated/α-hetero) is 3. The Bertz CT molecular complexity index is 3940. The Morgan fingerprint density at radius 3 is 2.11 bits per heavy atom. The highest BCUT2D eigenvalue weighted by atomic mass is 16.6. The van der Waals surface area contributed by atoms with Crippen molar-refractivity contribution in [3.8, 4) is 28.3 Å². The van der Waals surface area contributed by atoms with Gasteiger partial charge in [0.05, 0.1) is 101 Å². The molecule has 552 valence electrons. The number of ether oxygens (including phenoxy) is 6. The summed E-state index contributed by atoms with van der Waals surface area (Å²) in [5, 5.41) is 17.0. The number of aromatic nitrogens is 6. The quantitative estimate of drug-likeness (QED) is 0.0258. The summed E-state index contributed by atoms with van der Waals surface area (Å²) in [5.41, 5.74) is 16.8. The number of primary amides is 1. The summed E-state index contributed by atoms with van der Waals surface area (Å²) in [6, 6.07) is 29.4. The maximum absolute atomic E-state index is 13.9. The number of hydrogen-bond donors (Lipinski definition) is 4. The fraction of sp³-hybridized carbons (Fsp3) is 0.500. The molecule has 0 aliphatic carbocycles. The third kappa shape index (κ3) is 23.1. The van der Waals surface area contributed by atoms with Crippen LogP contribution in [0.2, 0.25) is 0 Å². The van der Waals surface area contributed by atoms with Gasteiger partial charge in [0.1, 0.15) is 41.1 Å². The van der Waals surface area contributed by atoms with E-state index in [1.165, 1.54) is 19.3 Å². The molecule has 0 saturated carbocycles. The lowest BCUT2D eigenvalue weighted by Gasteiger charge is -2.43. The molecule has 0 bridgehead atoms. The average molecular weight is 1420 g/mol. The number of carbonyl (C=O) groups is 7. The summed E-state index contributed by atoms with van der Waals surface area (Å²) >= 11 is 0. The molecule has 25 heteroatoms. The van der Waals surface area contributed by atoms with Gasteiger partial charge in [0.15, 0.2) is 5.78 Å². The van der Waals surface area contributed by atoms with Crippen LogP contribution in [0.5, 0.6) is 5.75 Å². The number of H-pyrrole nitrogens is 1. The summed E-state index contributed by atoms with van der Waals surface area (Å²) in [4.78, 5) is 108. The van der Waals surface area contributed by atoms with Gasteiger partial charge in [0, 0.05) is 107 Å². The maximum Gasteiger partial charge on any atom is 0.410 e. The molecule has 2 aliphatic rings. The van der Waals surface area contributed by atoms with Crippen molar-refractivity contribution < 1.29 is 62.0 Å². The first-order chi connectivity index (χ1) is 50.0. The van der Waals surface area contributed by atoms with Gasteiger partial charge in [-0.15, -0.1) is 0 Å². The number of likely N-dealkylation sites (tertiary alicyclic amines) is 1. The summed E-state index contributed by atoms with van der Waals surface area (Å²) in [5.74, 6) is -0.281. The lowest BCUT2D eigenvalue weighted by atomic mass is 9.88. The lowest BCUT2D eigenvalue weighted by molar-refractivity contribution is -0.134. The van der Waals surface area contributed by atoms with E-state index < -0.39 is 30.0 Å². The predicted molar refractivity (Wildman–Crippen MR) is 391 cm³/mol. The molecule has 5 heterocycles. The third-order valence-electron chi connectivity index (χ3n) is 18.9. The first-order valence-electron chi connectivity index (χ1n) is 36.2. The molecule has 0 spiro atoms. The van der Waals surface area contributed by atoms with Crippen molar-refractivity contribution in [1.82, 2.24) is 50.4 Å². The van der Waals surface area contributed by atoms with Crippen molar-refractivity contribution in [3.05, 3.63) is 143 Å². The van der Waals surface area contributed by atoms with E-state index in [4.69, 9.17) is 44.1 Å². The number of aryl methyl sites for hydroxylation is 2. The van der Waals surface area contributed by atoms with Crippen molar-refractivity contribution in [2.75, 3.05) is 91.5 Å². The Morgan fingerprint density at radius 1 is 0.709 bits per heavy atom. The Hall–Kier alpha value is -9.27. The van der Waals surface area contributed by atoms with E-state index in [-0.39, 0.29) is 107 Å². The molecule has 1 saturated heterocycles. The van der Waals surface area contributed by atoms with Crippen molar-refractivity contribution in [2.24, 2.45) is 17.6 Å². The summed E-state index contributed by atoms with van der Waals surface area (Å²) in [6.45, 7) is 13.6. The molecule has 103 heavy (non-hydrogen) atoms. The van der Waals surface area contributed by atoms with Crippen LogP contribution in [-0.2, 0) is 86.7 Å². The monoisotopic (exact) mass is 1410 g/mol. The number of unbranched alkanes of at least 4 members (excludes halogenated alkanes) is 3. The Morgan fingerprint density at radius 2 is 1.39 bits per heavy atom. The highest BCUT2D eigenvalue weighted by molar-refractivity contribution is 6.01. The molecular weight excluding hydrogens is 1310 g/mol. The van der Waals surface area contributed by atoms with Crippen LogP contribution in [0.3, 0.4) is 0 Å². The molecule has 5 amide bonds. The number of anilines is 1. The topological polar surface area (TPSA) is 307 Å². The van der Waals surface area contributed by atoms with E-state index in [9.17, 15) is 33.6 Å². The van der Waals surface area contributed by atoms with Crippen LogP contribution >= 0.6 is 0 Å². The van der Waals surface area contributed by atoms with Gasteiger partial charge in [-0.1, -0.05) is 119 Å². The molecule has 25 nitrogen and oxygen atoms in total. The van der Waals surface area contributed by atoms with Crippen LogP contribution < -0.4 is 26.0 Å². The molecule has 7 aromatic rings. The van der Waals surface area contributed by atoms with Crippen LogP contribution in [0.1, 0.15) is 137 Å². The van der Waals surface area contributed by atoms with E-state index in [0.29, 0.717) is 96.3 Å². The summed E-state index contributed by atoms with van der Waals surface area (Å²) in [7, 11) is 3.45. The van der Waals surface area contributed by atoms with Crippen LogP contribution in [0.15, 0.2) is 103 Å². The normalized spacial score (nSPS) is 13.4. The van der Waals surface area contributed by atoms with Crippen molar-refractivity contribution in [1.29, 1.82) is 0 Å². The first kappa shape index (κ1) is 77.9. The van der Waals surface area contributed by atoms with Gasteiger partial charge >= 0.3 is 12.1 Å². The van der Waals surface area contributed by atoms with E-state index in [0.717, 1.165) is 85.9 Å². The molecule has 0 radical (unpaired) electrons. The molecule has 1 fully saturated rings. The number of nitrogens with two attached hydrogens (primary N) is 1. The Labute approximate surface area is 603 Å². The minimum Gasteiger partial charge on any atom is -0.496 e. The second-order valence-electron chi connectivity index (χ2n) is 26.9. The minimum atomic E-state index is -0.900. The number of aromatic amines is 1. The van der Waals surface area contributed by atoms with Gasteiger partial charge in [0.25, 0.3) is 0 Å². The second kappa shape index (κ2) is 40.0. The number of methoxy groups -OCH3 is 1. The number of urea groups is 1. The number of rotatable bonds is 44. The van der Waals surface area contributed by atoms with Gasteiger partial charge < -0.3 is 59.2 Å². The number of amides is 5. The van der Waals surface area contributed by atoms with E-state index >= 15 is 0 Å². The van der Waals surface area contributed by atoms with Crippen molar-refractivity contribution in [2.45, 2.75) is 156 Å². The zero-order chi connectivity index (χ0) is 73.0. The lowest BCUT2D eigenvalue weighted by Crippen LogP contribution is -2.59. The molecule has 0 unspecified atom stereocenters. The first-order valence-corrected chi connectivity index (χ1v) is 36.2. The maximum atomic E-state index is 13.9. The molecule has 9 rings (SSSR count). The third-order valence-corrected chi connectivity index (χ3v) is 18.9. The highest BCUT2D eigenvalue weighted by Crippen LogP contribution is 2.40. The number of likely N-dealkylation sites (N-methyl/N-ethyl adjacent to an activating group) is 1. The van der Waals surface area contributed by atoms with Gasteiger partial charge in [-0.3, -0.25) is 28.9 Å². The predicted octanol–water partition coefficient (Wildman–Crippen LogP) is 10.2. The smallest absolute Gasteiger partial charge is 0.410 e. The number of nitrogens with one attached hydrogen (secondary N) is 3. The number of fused-ring (bicyclic) bond motifs is 6. The number of benzene rings is 4. The highest BCUT2D eigenvalue weighted by Gasteiger charge is 2.34. The Kier molecular flexibility index (Phi) is 30.2. The average Bonchev–Trinajstić information content (AvgIpc) is 1.61. The van der Waals surface area contributed by atoms with Crippen LogP contribution in [-0.4, -0.2) is 180 Å². The van der Waals surface area contributed by atoms with Crippen molar-refractivity contribution >= 4 is 58.0 Å². The number of para-hydroxylation sites is 1. The minimum absolute atomic E-state index is 0.00322. The van der Waals surface area contributed by atoms with E-state index in [2.05, 4.69) is 72.9 Å². The fourth-order valence-electron chi connectivity index (χ4n) is 13.0. The largest absolute Gasteiger partial charge is 0.496 e. The zero-order valence-electron chi connectivity index (χ0n) is 60.6. The summed E-state index contributed by atoms with van der Waals surface area (Å²) in [6.07, 6.45) is 8.94. The SMILES string of the molecule is CCCCCCc1nc(C)nc2ccn(Cc3ccc(CN4CC(N(C)C(=O)OCc5ccc(CC(=O)[C@H](CCCNC(N)=O)NC(=O)[C@@H](CC(=O)CCOCCOCCOCCOCCCC(=O)CCC(=O)N6Cc7ccccc7-c7n[nH]nc7-c7ccccc76)C(C)C)cc5)C4)cc3OC)c12. The van der Waals surface area contributed by atoms with Crippen LogP contribution in [0, 0.1) is 18.8 Å². The molecular formula is C78H102N12O13. The number of carbonyl (C=O) groups excluding carboxylic acids is 7. The zero-order valence-corrected chi connectivity index (χ0v) is 60.6. The molecule has 4 aromatic carbocycles. The van der Waals surface area contributed by atoms with Crippen molar-refractivity contribution in [3.63, 3.8) is 0 Å². The molecule has 5 N–H and O–H groups in total. The number of ketones is 3. The standard InChI is InChI=1S/C78H102N12O13/c1-7-8-9-10-21-67-75-68(82-54(4)81-67)32-35-89(75)48-59-29-28-57(45-71(59)98-6)47-88-50-60(51-88)87(5)78(97)103-52-56-26-24-55(25-27-56)44-70(93)66(22-15-34-80-77(79)96)83-76(95)65(53(2)3)46-62(92)33-37-100-39-41-102-43-42-101-40-38-99-36-16-18-61(91)30-31-72(94)90-49-58-17-11-12-19-63(58)73-74(85-86-84-73)64-20-13-14-23-69(64)90/h11-14,17,19-20,23-29,32,35,45,53,60,65-66H,7-10,15-16,18,21-22,30-31,33-34,36-44,46-52H2,1-6H3,(H,83,95)(H3,79,80,96)(H,84,85,86)/t65-,66-/m0/s1. The number of nitrogens with zero attached hydrogens (tertiary/aromatic N) is 8.